The summed E-state index contributed by atoms with van der Waals surface area (Å²) in [6.07, 6.45) is 1.36. The molecule has 0 aliphatic carbocycles. The summed E-state index contributed by atoms with van der Waals surface area (Å²) in [6.45, 7) is 2.20. The van der Waals surface area contributed by atoms with Gasteiger partial charge in [0.05, 0.1) is 17.3 Å². The molecule has 0 atom stereocenters. The minimum Gasteiger partial charge on any atom is -0.396 e. The van der Waals surface area contributed by atoms with Crippen molar-refractivity contribution in [1.29, 1.82) is 0 Å². The number of nitrogens with zero attached hydrogens (tertiary/aromatic N) is 2. The third-order valence-corrected chi connectivity index (χ3v) is 5.78. The lowest BCUT2D eigenvalue weighted by Crippen LogP contribution is -2.30. The molecule has 7 heteroatoms. The van der Waals surface area contributed by atoms with E-state index in [9.17, 15) is 8.42 Å². The van der Waals surface area contributed by atoms with Crippen LogP contribution in [0.15, 0.2) is 58.6 Å². The maximum Gasteiger partial charge on any atom is 0.265 e. The Kier molecular flexibility index (Phi) is 5.82. The first kappa shape index (κ1) is 16.8. The van der Waals surface area contributed by atoms with Crippen LogP contribution in [0.25, 0.3) is 0 Å². The largest absolute Gasteiger partial charge is 0.396 e. The molecule has 1 aromatic carbocycles. The van der Waals surface area contributed by atoms with Gasteiger partial charge in [0.1, 0.15) is 4.90 Å². The van der Waals surface area contributed by atoms with Gasteiger partial charge in [-0.2, -0.15) is 0 Å². The molecule has 0 radical (unpaired) electrons. The number of para-hydroxylation sites is 1. The molecule has 0 fully saturated rings. The second-order valence-corrected chi connectivity index (χ2v) is 7.39. The number of aliphatic hydroxyl groups is 1. The van der Waals surface area contributed by atoms with E-state index < -0.39 is 10.0 Å². The zero-order valence-corrected chi connectivity index (χ0v) is 13.8. The van der Waals surface area contributed by atoms with Crippen LogP contribution in [0.2, 0.25) is 0 Å². The lowest BCUT2D eigenvalue weighted by molar-refractivity contribution is 0.322. The average Bonchev–Trinajstić information content (AvgIpc) is 2.55. The van der Waals surface area contributed by atoms with Crippen molar-refractivity contribution in [3.05, 3.63) is 48.7 Å². The van der Waals surface area contributed by atoms with Gasteiger partial charge in [-0.15, -0.1) is 11.8 Å². The van der Waals surface area contributed by atoms with Crippen LogP contribution < -0.4 is 4.31 Å². The second-order valence-electron chi connectivity index (χ2n) is 4.41. The first-order chi connectivity index (χ1) is 10.6. The SMILES string of the molecule is CCN(c1ccccc1)S(=O)(=O)c1ccc(SCCO)nc1. The van der Waals surface area contributed by atoms with Crippen LogP contribution in [0, 0.1) is 0 Å². The molecule has 0 aliphatic heterocycles. The minimum atomic E-state index is -3.63. The highest BCUT2D eigenvalue weighted by Gasteiger charge is 2.23. The Balaban J connectivity index is 2.28. The molecular formula is C15H18N2O3S2. The van der Waals surface area contributed by atoms with Crippen LogP contribution in [0.1, 0.15) is 6.92 Å². The monoisotopic (exact) mass is 338 g/mol. The first-order valence-corrected chi connectivity index (χ1v) is 9.29. The smallest absolute Gasteiger partial charge is 0.265 e. The standard InChI is InChI=1S/C15H18N2O3S2/c1-2-17(13-6-4-3-5-7-13)22(19,20)14-8-9-15(16-12-14)21-11-10-18/h3-9,12,18H,2,10-11H2,1H3. The third kappa shape index (κ3) is 3.79. The van der Waals surface area contributed by atoms with Crippen LogP contribution in [0.3, 0.4) is 0 Å². The topological polar surface area (TPSA) is 70.5 Å². The van der Waals surface area contributed by atoms with Crippen molar-refractivity contribution in [2.24, 2.45) is 0 Å². The van der Waals surface area contributed by atoms with Crippen molar-refractivity contribution in [2.45, 2.75) is 16.8 Å². The average molecular weight is 338 g/mol. The maximum absolute atomic E-state index is 12.7. The number of aliphatic hydroxyl groups excluding tert-OH is 1. The summed E-state index contributed by atoms with van der Waals surface area (Å²) in [5, 5.41) is 9.48. The van der Waals surface area contributed by atoms with Gasteiger partial charge in [0.25, 0.3) is 10.0 Å². The molecule has 5 nitrogen and oxygen atoms in total. The second kappa shape index (κ2) is 7.62. The fraction of sp³-hybridized carbons (Fsp3) is 0.267. The Labute approximate surface area is 135 Å². The quantitative estimate of drug-likeness (QED) is 0.785. The number of hydrogen-bond donors (Lipinski definition) is 1. The fourth-order valence-electron chi connectivity index (χ4n) is 1.97. The van der Waals surface area contributed by atoms with Gasteiger partial charge in [0.2, 0.25) is 0 Å². The zero-order valence-electron chi connectivity index (χ0n) is 12.2. The van der Waals surface area contributed by atoms with Crippen molar-refractivity contribution in [3.63, 3.8) is 0 Å². The van der Waals surface area contributed by atoms with Gasteiger partial charge >= 0.3 is 0 Å². The van der Waals surface area contributed by atoms with E-state index >= 15 is 0 Å². The van der Waals surface area contributed by atoms with E-state index in [1.54, 1.807) is 43.3 Å². The lowest BCUT2D eigenvalue weighted by atomic mass is 10.3. The summed E-state index contributed by atoms with van der Waals surface area (Å²) in [5.41, 5.74) is 0.628. The van der Waals surface area contributed by atoms with Gasteiger partial charge in [-0.1, -0.05) is 18.2 Å². The fourth-order valence-corrected chi connectivity index (χ4v) is 3.98. The first-order valence-electron chi connectivity index (χ1n) is 6.87. The Morgan fingerprint density at radius 2 is 1.91 bits per heavy atom. The van der Waals surface area contributed by atoms with Gasteiger partial charge in [0.15, 0.2) is 0 Å². The molecule has 0 bridgehead atoms. The Morgan fingerprint density at radius 1 is 1.18 bits per heavy atom. The molecule has 0 saturated carbocycles. The van der Waals surface area contributed by atoms with Crippen molar-refractivity contribution in [2.75, 3.05) is 23.2 Å². The number of pyridine rings is 1. The van der Waals surface area contributed by atoms with Crippen molar-refractivity contribution < 1.29 is 13.5 Å². The Morgan fingerprint density at radius 3 is 2.45 bits per heavy atom. The van der Waals surface area contributed by atoms with Crippen LogP contribution in [-0.4, -0.2) is 37.4 Å². The number of benzene rings is 1. The molecule has 0 amide bonds. The van der Waals surface area contributed by atoms with Crippen LogP contribution in [-0.2, 0) is 10.0 Å². The van der Waals surface area contributed by atoms with Gasteiger partial charge in [-0.3, -0.25) is 4.31 Å². The van der Waals surface area contributed by atoms with E-state index in [1.165, 1.54) is 22.3 Å². The lowest BCUT2D eigenvalue weighted by Gasteiger charge is -2.22. The zero-order chi connectivity index (χ0) is 16.0. The highest BCUT2D eigenvalue weighted by Crippen LogP contribution is 2.24. The molecule has 1 N–H and O–H groups in total. The van der Waals surface area contributed by atoms with Crippen LogP contribution >= 0.6 is 11.8 Å². The highest BCUT2D eigenvalue weighted by molar-refractivity contribution is 7.99. The summed E-state index contributed by atoms with van der Waals surface area (Å²) in [5.74, 6) is 0.532. The number of aromatic nitrogens is 1. The van der Waals surface area contributed by atoms with Crippen LogP contribution in [0.4, 0.5) is 5.69 Å². The Hall–Kier alpha value is -1.57. The van der Waals surface area contributed by atoms with Crippen LogP contribution in [0.5, 0.6) is 0 Å². The Bertz CT molecular complexity index is 688. The van der Waals surface area contributed by atoms with E-state index in [1.807, 2.05) is 6.07 Å². The molecule has 0 aliphatic rings. The molecule has 118 valence electrons. The number of rotatable bonds is 7. The normalized spacial score (nSPS) is 11.4. The molecule has 0 unspecified atom stereocenters. The number of thioether (sulfide) groups is 1. The summed E-state index contributed by atoms with van der Waals surface area (Å²) in [6, 6.07) is 12.2. The molecule has 22 heavy (non-hydrogen) atoms. The third-order valence-electron chi connectivity index (χ3n) is 2.97. The van der Waals surface area contributed by atoms with Gasteiger partial charge < -0.3 is 5.11 Å². The highest BCUT2D eigenvalue weighted by atomic mass is 32.2. The molecule has 1 aromatic heterocycles. The number of sulfonamides is 1. The van der Waals surface area contributed by atoms with E-state index in [0.29, 0.717) is 23.0 Å². The van der Waals surface area contributed by atoms with Crippen molar-refractivity contribution in [1.82, 2.24) is 4.98 Å². The molecule has 1 heterocycles. The van der Waals surface area contributed by atoms with Crippen molar-refractivity contribution in [3.8, 4) is 0 Å². The van der Waals surface area contributed by atoms with Gasteiger partial charge in [0, 0.05) is 18.5 Å². The van der Waals surface area contributed by atoms with Gasteiger partial charge in [-0.05, 0) is 31.2 Å². The van der Waals surface area contributed by atoms with E-state index in [-0.39, 0.29) is 11.5 Å². The molecule has 2 aromatic rings. The van der Waals surface area contributed by atoms with E-state index in [2.05, 4.69) is 4.98 Å². The number of anilines is 1. The molecule has 2 rings (SSSR count). The maximum atomic E-state index is 12.7. The molecule has 0 spiro atoms. The molecule has 0 saturated heterocycles. The van der Waals surface area contributed by atoms with Gasteiger partial charge in [-0.25, -0.2) is 13.4 Å². The number of hydrogen-bond acceptors (Lipinski definition) is 5. The van der Waals surface area contributed by atoms with E-state index in [0.717, 1.165) is 0 Å². The molecular weight excluding hydrogens is 320 g/mol. The van der Waals surface area contributed by atoms with E-state index in [4.69, 9.17) is 5.11 Å². The predicted molar refractivity (Wildman–Crippen MR) is 88.7 cm³/mol. The predicted octanol–water partition coefficient (Wildman–Crippen LogP) is 2.38. The summed E-state index contributed by atoms with van der Waals surface area (Å²) < 4.78 is 26.8. The minimum absolute atomic E-state index is 0.0595. The summed E-state index contributed by atoms with van der Waals surface area (Å²) >= 11 is 1.38. The summed E-state index contributed by atoms with van der Waals surface area (Å²) in [7, 11) is -3.63. The van der Waals surface area contributed by atoms with Crippen molar-refractivity contribution >= 4 is 27.5 Å². The summed E-state index contributed by atoms with van der Waals surface area (Å²) in [4.78, 5) is 4.30.